The minimum Gasteiger partial charge on any atom is -0.489 e. The molecule has 0 fully saturated rings. The molecule has 0 saturated carbocycles. The summed E-state index contributed by atoms with van der Waals surface area (Å²) < 4.78 is 38.3. The van der Waals surface area contributed by atoms with Crippen LogP contribution in [0.4, 0.5) is 11.4 Å². The third-order valence-corrected chi connectivity index (χ3v) is 9.13. The zero-order chi connectivity index (χ0) is 34.2. The van der Waals surface area contributed by atoms with Gasteiger partial charge in [-0.3, -0.25) is 14.4 Å². The lowest BCUT2D eigenvalue weighted by atomic mass is 9.86. The highest BCUT2D eigenvalue weighted by atomic mass is 35.5. The quantitative estimate of drug-likeness (QED) is 0.112. The number of Topliss-reactive ketones (excluding diaryl/α,β-unsaturated/α-hetero) is 1. The Kier molecular flexibility index (Phi) is 11.1. The number of ketones is 1. The second-order valence-corrected chi connectivity index (χ2v) is 14.3. The van der Waals surface area contributed by atoms with E-state index in [1.165, 1.54) is 42.5 Å². The Morgan fingerprint density at radius 2 is 1.30 bits per heavy atom. The van der Waals surface area contributed by atoms with Gasteiger partial charge in [-0.1, -0.05) is 75.7 Å². The minimum absolute atomic E-state index is 0.00283. The third kappa shape index (κ3) is 8.99. The molecule has 11 heteroatoms. The fourth-order valence-electron chi connectivity index (χ4n) is 4.46. The molecule has 0 aliphatic carbocycles. The molecule has 0 aliphatic heterocycles. The van der Waals surface area contributed by atoms with E-state index in [9.17, 15) is 22.8 Å². The Hall–Kier alpha value is -4.67. The molecule has 0 aliphatic rings. The third-order valence-electron chi connectivity index (χ3n) is 6.92. The first kappa shape index (κ1) is 35.2. The number of alkyl halides is 1. The summed E-state index contributed by atoms with van der Waals surface area (Å²) >= 11 is 6.70. The van der Waals surface area contributed by atoms with E-state index in [0.29, 0.717) is 30.9 Å². The van der Waals surface area contributed by atoms with E-state index in [4.69, 9.17) is 21.1 Å². The van der Waals surface area contributed by atoms with E-state index in [1.54, 1.807) is 51.1 Å². The lowest BCUT2D eigenvalue weighted by Crippen LogP contribution is -2.54. The molecule has 47 heavy (non-hydrogen) atoms. The van der Waals surface area contributed by atoms with E-state index in [0.717, 1.165) is 5.56 Å². The van der Waals surface area contributed by atoms with Crippen molar-refractivity contribution in [3.8, 4) is 11.5 Å². The van der Waals surface area contributed by atoms with Crippen LogP contribution in [0, 0.1) is 5.41 Å². The predicted octanol–water partition coefficient (Wildman–Crippen LogP) is 7.40. The number of rotatable bonds is 13. The Balaban J connectivity index is 1.51. The Labute approximate surface area is 280 Å². The Bertz CT molecular complexity index is 1820. The molecule has 4 rings (SSSR count). The largest absolute Gasteiger partial charge is 0.489 e. The maximum Gasteiger partial charge on any atom is 0.320 e. The average molecular weight is 677 g/mol. The van der Waals surface area contributed by atoms with Gasteiger partial charge >= 0.3 is 5.06 Å². The molecule has 0 spiro atoms. The van der Waals surface area contributed by atoms with Gasteiger partial charge in [-0.05, 0) is 78.7 Å². The number of amides is 2. The minimum atomic E-state index is -3.92. The van der Waals surface area contributed by atoms with Gasteiger partial charge in [-0.2, -0.15) is 0 Å². The molecule has 0 heterocycles. The molecule has 1 unspecified atom stereocenters. The molecular weight excluding hydrogens is 640 g/mol. The van der Waals surface area contributed by atoms with Crippen LogP contribution in [0.25, 0.3) is 0 Å². The second-order valence-electron chi connectivity index (χ2n) is 11.8. The highest BCUT2D eigenvalue weighted by molar-refractivity contribution is 7.91. The lowest BCUT2D eigenvalue weighted by Gasteiger charge is -2.31. The summed E-state index contributed by atoms with van der Waals surface area (Å²) in [5.41, 5.74) is 0.624. The summed E-state index contributed by atoms with van der Waals surface area (Å²) in [5, 5.41) is 2.85. The molecule has 246 valence electrons. The highest BCUT2D eigenvalue weighted by Gasteiger charge is 2.51. The average Bonchev–Trinajstić information content (AvgIpc) is 3.04. The summed E-state index contributed by atoms with van der Waals surface area (Å²) in [6.45, 7) is 7.02. The molecule has 0 bridgehead atoms. The number of ether oxygens (including phenoxy) is 2. The monoisotopic (exact) mass is 676 g/mol. The topological polar surface area (TPSA) is 128 Å². The fourth-order valence-corrected chi connectivity index (χ4v) is 6.14. The molecule has 4 aromatic rings. The summed E-state index contributed by atoms with van der Waals surface area (Å²) in [6.07, 6.45) is 1.01. The van der Waals surface area contributed by atoms with E-state index >= 15 is 0 Å². The van der Waals surface area contributed by atoms with Crippen LogP contribution in [-0.4, -0.2) is 31.1 Å². The number of hydrogen-bond acceptors (Lipinski definition) is 7. The standard InChI is InChI=1S/C36H37ClN2O7S/c1-5-10-32(40)38-26-13-9-14-27(23-26)39-34(42)36(37,33(41)35(2,3)4)46-29-17-21-31(22-18-29)47(43,44)30-19-15-28(16-20-30)45-24-25-11-7-6-8-12-25/h6-9,11-23H,5,10,24H2,1-4H3,(H,38,40)(H,39,42). The van der Waals surface area contributed by atoms with Gasteiger partial charge in [0.1, 0.15) is 18.1 Å². The van der Waals surface area contributed by atoms with Crippen molar-refractivity contribution in [1.29, 1.82) is 0 Å². The maximum absolute atomic E-state index is 13.5. The molecule has 2 N–H and O–H groups in total. The normalized spacial score (nSPS) is 12.8. The molecule has 0 saturated heterocycles. The number of halogens is 1. The Morgan fingerprint density at radius 3 is 1.85 bits per heavy atom. The number of anilines is 2. The maximum atomic E-state index is 13.5. The summed E-state index contributed by atoms with van der Waals surface area (Å²) in [4.78, 5) is 39.1. The van der Waals surface area contributed by atoms with Crippen molar-refractivity contribution in [2.24, 2.45) is 5.41 Å². The van der Waals surface area contributed by atoms with Crippen molar-refractivity contribution in [2.45, 2.75) is 62.0 Å². The van der Waals surface area contributed by atoms with Gasteiger partial charge in [-0.15, -0.1) is 0 Å². The second kappa shape index (κ2) is 14.8. The smallest absolute Gasteiger partial charge is 0.320 e. The van der Waals surface area contributed by atoms with E-state index in [-0.39, 0.29) is 27.1 Å². The van der Waals surface area contributed by atoms with Crippen LogP contribution < -0.4 is 20.1 Å². The fraction of sp³-hybridized carbons (Fsp3) is 0.250. The first-order valence-electron chi connectivity index (χ1n) is 15.0. The SMILES string of the molecule is CCCC(=O)Nc1cccc(NC(=O)C(Cl)(Oc2ccc(S(=O)(=O)c3ccc(OCc4ccccc4)cc3)cc2)C(=O)C(C)(C)C)c1. The number of nitrogens with one attached hydrogen (secondary N) is 2. The van der Waals surface area contributed by atoms with Crippen LogP contribution in [0.15, 0.2) is 113 Å². The summed E-state index contributed by atoms with van der Waals surface area (Å²) in [6, 6.07) is 27.4. The first-order valence-corrected chi connectivity index (χ1v) is 16.8. The summed E-state index contributed by atoms with van der Waals surface area (Å²) in [5.74, 6) is -1.34. The number of carbonyl (C=O) groups excluding carboxylic acids is 3. The Morgan fingerprint density at radius 1 is 0.745 bits per heavy atom. The van der Waals surface area contributed by atoms with E-state index in [2.05, 4.69) is 10.6 Å². The van der Waals surface area contributed by atoms with Gasteiger partial charge in [0.15, 0.2) is 0 Å². The van der Waals surface area contributed by atoms with Gasteiger partial charge in [0.05, 0.1) is 9.79 Å². The zero-order valence-electron chi connectivity index (χ0n) is 26.6. The molecule has 1 atom stereocenters. The van der Waals surface area contributed by atoms with Crippen molar-refractivity contribution in [3.05, 3.63) is 109 Å². The number of carbonyl (C=O) groups is 3. The predicted molar refractivity (Wildman–Crippen MR) is 181 cm³/mol. The van der Waals surface area contributed by atoms with Crippen LogP contribution in [0.1, 0.15) is 46.1 Å². The van der Waals surface area contributed by atoms with Crippen LogP contribution in [0.2, 0.25) is 0 Å². The van der Waals surface area contributed by atoms with Crippen molar-refractivity contribution in [2.75, 3.05) is 10.6 Å². The first-order chi connectivity index (χ1) is 22.2. The van der Waals surface area contributed by atoms with E-state index < -0.39 is 32.0 Å². The van der Waals surface area contributed by atoms with Gasteiger partial charge in [0.25, 0.3) is 5.91 Å². The molecule has 4 aromatic carbocycles. The zero-order valence-corrected chi connectivity index (χ0v) is 28.2. The van der Waals surface area contributed by atoms with E-state index in [1.807, 2.05) is 37.3 Å². The van der Waals surface area contributed by atoms with Crippen LogP contribution in [-0.2, 0) is 30.8 Å². The van der Waals surface area contributed by atoms with Gasteiger partial charge in [0, 0.05) is 23.2 Å². The molecule has 2 amide bonds. The van der Waals surface area contributed by atoms with Crippen molar-refractivity contribution >= 4 is 50.4 Å². The molecule has 0 aromatic heterocycles. The number of hydrogen-bond donors (Lipinski definition) is 2. The van der Waals surface area contributed by atoms with Crippen LogP contribution in [0.3, 0.4) is 0 Å². The van der Waals surface area contributed by atoms with Crippen LogP contribution >= 0.6 is 11.6 Å². The van der Waals surface area contributed by atoms with Gasteiger partial charge < -0.3 is 20.1 Å². The van der Waals surface area contributed by atoms with Crippen molar-refractivity contribution in [3.63, 3.8) is 0 Å². The number of benzene rings is 4. The summed E-state index contributed by atoms with van der Waals surface area (Å²) in [7, 11) is -3.92. The van der Waals surface area contributed by atoms with Crippen molar-refractivity contribution < 1.29 is 32.3 Å². The van der Waals surface area contributed by atoms with Crippen molar-refractivity contribution in [1.82, 2.24) is 0 Å². The van der Waals surface area contributed by atoms with Gasteiger partial charge in [-0.25, -0.2) is 8.42 Å². The molecule has 0 radical (unpaired) electrons. The molecular formula is C36H37ClN2O7S. The molecule has 9 nitrogen and oxygen atoms in total. The van der Waals surface area contributed by atoms with Crippen LogP contribution in [0.5, 0.6) is 11.5 Å². The lowest BCUT2D eigenvalue weighted by molar-refractivity contribution is -0.144. The highest BCUT2D eigenvalue weighted by Crippen LogP contribution is 2.34. The van der Waals surface area contributed by atoms with Gasteiger partial charge in [0.2, 0.25) is 21.5 Å². The number of sulfone groups is 1.